The molecule has 264 valence electrons. The molecule has 1 aliphatic heterocycles. The third kappa shape index (κ3) is 26.8. The zero-order valence-electron chi connectivity index (χ0n) is 30.9. The molecule has 0 saturated carbocycles. The number of hydrogen-bond acceptors (Lipinski definition) is 3. The predicted molar refractivity (Wildman–Crippen MR) is 200 cm³/mol. The maximum absolute atomic E-state index is 11.5. The van der Waals surface area contributed by atoms with E-state index < -0.39 is 5.79 Å². The van der Waals surface area contributed by atoms with Crippen molar-refractivity contribution in [2.75, 3.05) is 20.1 Å². The van der Waals surface area contributed by atoms with Gasteiger partial charge in [-0.05, 0) is 83.6 Å². The predicted octanol–water partition coefficient (Wildman–Crippen LogP) is 12.9. The van der Waals surface area contributed by atoms with Crippen LogP contribution >= 0.6 is 0 Å². The van der Waals surface area contributed by atoms with Crippen molar-refractivity contribution in [3.63, 3.8) is 0 Å². The fraction of sp³-hybridized carbons (Fsp3) is 0.857. The standard InChI is InChI=1S/C42H79NO2/c1-5-7-9-11-13-14-15-16-17-18-19-20-21-23-27-31-36-42(44,45-41-35-38-43(4)39-41)37-32-28-24-22-26-30-34-40(3)33-29-25-12-10-8-6-2/h13-14,16-17,25,29,40-41,44H,5-12,15,18-24,26-28,30-39H2,1-4H3/b14-13-,17-16-,29-25-. The second-order valence-electron chi connectivity index (χ2n) is 14.5. The van der Waals surface area contributed by atoms with Crippen molar-refractivity contribution in [1.82, 2.24) is 4.90 Å². The first-order chi connectivity index (χ1) is 22.0. The van der Waals surface area contributed by atoms with Gasteiger partial charge in [-0.3, -0.25) is 0 Å². The topological polar surface area (TPSA) is 32.7 Å². The minimum absolute atomic E-state index is 0.192. The van der Waals surface area contributed by atoms with Gasteiger partial charge in [0, 0.05) is 25.9 Å². The molecule has 3 unspecified atom stereocenters. The Morgan fingerprint density at radius 2 is 1.16 bits per heavy atom. The van der Waals surface area contributed by atoms with E-state index in [1.54, 1.807) is 0 Å². The van der Waals surface area contributed by atoms with E-state index in [0.29, 0.717) is 0 Å². The number of unbranched alkanes of at least 4 members (excludes halogenated alkanes) is 17. The minimum Gasteiger partial charge on any atom is -0.365 e. The molecule has 0 spiro atoms. The number of aliphatic hydroxyl groups is 1. The fourth-order valence-electron chi connectivity index (χ4n) is 6.61. The second-order valence-corrected chi connectivity index (χ2v) is 14.5. The molecule has 1 N–H and O–H groups in total. The Morgan fingerprint density at radius 3 is 1.69 bits per heavy atom. The first kappa shape index (κ1) is 42.1. The SMILES string of the molecule is CCCCC/C=C\C/C=C\CCCCCCCCC(O)(CCCCCCCCC(C)C/C=C\CCCCC)OC1CCN(C)C1. The monoisotopic (exact) mass is 630 g/mol. The summed E-state index contributed by atoms with van der Waals surface area (Å²) in [4.78, 5) is 2.33. The van der Waals surface area contributed by atoms with Crippen LogP contribution in [0.2, 0.25) is 0 Å². The van der Waals surface area contributed by atoms with E-state index in [0.717, 1.165) is 57.5 Å². The van der Waals surface area contributed by atoms with Gasteiger partial charge in [-0.2, -0.15) is 0 Å². The van der Waals surface area contributed by atoms with Crippen LogP contribution in [0.1, 0.15) is 194 Å². The number of ether oxygens (including phenoxy) is 1. The summed E-state index contributed by atoms with van der Waals surface area (Å²) in [6, 6.07) is 0. The summed E-state index contributed by atoms with van der Waals surface area (Å²) >= 11 is 0. The van der Waals surface area contributed by atoms with Crippen LogP contribution in [0.5, 0.6) is 0 Å². The summed E-state index contributed by atoms with van der Waals surface area (Å²) in [5.41, 5.74) is 0. The molecule has 0 aromatic rings. The Hall–Kier alpha value is -0.900. The number of allylic oxidation sites excluding steroid dienone is 6. The first-order valence-electron chi connectivity index (χ1n) is 20.0. The van der Waals surface area contributed by atoms with Crippen molar-refractivity contribution in [3.8, 4) is 0 Å². The molecular formula is C42H79NO2. The van der Waals surface area contributed by atoms with Gasteiger partial charge in [-0.15, -0.1) is 0 Å². The molecule has 1 fully saturated rings. The number of hydrogen-bond donors (Lipinski definition) is 1. The van der Waals surface area contributed by atoms with Crippen molar-refractivity contribution in [3.05, 3.63) is 36.5 Å². The average molecular weight is 630 g/mol. The van der Waals surface area contributed by atoms with E-state index >= 15 is 0 Å². The number of likely N-dealkylation sites (tertiary alicyclic amines) is 1. The lowest BCUT2D eigenvalue weighted by Crippen LogP contribution is -2.37. The van der Waals surface area contributed by atoms with Gasteiger partial charge in [0.25, 0.3) is 0 Å². The summed E-state index contributed by atoms with van der Waals surface area (Å²) < 4.78 is 6.42. The summed E-state index contributed by atoms with van der Waals surface area (Å²) in [5, 5.41) is 11.5. The minimum atomic E-state index is -0.926. The normalized spacial score (nSPS) is 18.2. The molecule has 0 aromatic heterocycles. The van der Waals surface area contributed by atoms with Crippen molar-refractivity contribution >= 4 is 0 Å². The molecule has 1 rings (SSSR count). The lowest BCUT2D eigenvalue weighted by atomic mass is 9.97. The highest BCUT2D eigenvalue weighted by atomic mass is 16.6. The van der Waals surface area contributed by atoms with Crippen LogP contribution in [0.15, 0.2) is 36.5 Å². The van der Waals surface area contributed by atoms with Crippen LogP contribution in [-0.4, -0.2) is 42.0 Å². The number of likely N-dealkylation sites (N-methyl/N-ethyl adjacent to an activating group) is 1. The summed E-state index contributed by atoms with van der Waals surface area (Å²) in [6.45, 7) is 8.99. The van der Waals surface area contributed by atoms with E-state index in [9.17, 15) is 5.11 Å². The number of rotatable bonds is 32. The molecule has 3 nitrogen and oxygen atoms in total. The maximum Gasteiger partial charge on any atom is 0.165 e. The van der Waals surface area contributed by atoms with Crippen LogP contribution in [0.3, 0.4) is 0 Å². The molecule has 0 aromatic carbocycles. The molecule has 3 heteroatoms. The highest BCUT2D eigenvalue weighted by Gasteiger charge is 2.33. The van der Waals surface area contributed by atoms with E-state index in [4.69, 9.17) is 4.74 Å². The molecule has 3 atom stereocenters. The zero-order valence-corrected chi connectivity index (χ0v) is 30.9. The first-order valence-corrected chi connectivity index (χ1v) is 20.0. The van der Waals surface area contributed by atoms with Crippen LogP contribution in [-0.2, 0) is 4.74 Å². The lowest BCUT2D eigenvalue weighted by Gasteiger charge is -2.32. The molecular weight excluding hydrogens is 550 g/mol. The van der Waals surface area contributed by atoms with E-state index in [-0.39, 0.29) is 6.10 Å². The fourth-order valence-corrected chi connectivity index (χ4v) is 6.61. The molecule has 0 bridgehead atoms. The van der Waals surface area contributed by atoms with Crippen molar-refractivity contribution < 1.29 is 9.84 Å². The van der Waals surface area contributed by atoms with E-state index in [1.165, 1.54) is 135 Å². The second kappa shape index (κ2) is 30.4. The quantitative estimate of drug-likeness (QED) is 0.0456. The van der Waals surface area contributed by atoms with E-state index in [1.807, 2.05) is 0 Å². The van der Waals surface area contributed by atoms with Gasteiger partial charge in [0.1, 0.15) is 0 Å². The van der Waals surface area contributed by atoms with Crippen molar-refractivity contribution in [2.24, 2.45) is 5.92 Å². The highest BCUT2D eigenvalue weighted by Crippen LogP contribution is 2.29. The van der Waals surface area contributed by atoms with Gasteiger partial charge >= 0.3 is 0 Å². The van der Waals surface area contributed by atoms with Crippen LogP contribution < -0.4 is 0 Å². The van der Waals surface area contributed by atoms with Crippen molar-refractivity contribution in [1.29, 1.82) is 0 Å². The maximum atomic E-state index is 11.5. The van der Waals surface area contributed by atoms with E-state index in [2.05, 4.69) is 69.2 Å². The molecule has 0 amide bonds. The van der Waals surface area contributed by atoms with Gasteiger partial charge in [-0.1, -0.05) is 147 Å². The third-order valence-electron chi connectivity index (χ3n) is 9.70. The van der Waals surface area contributed by atoms with Crippen LogP contribution in [0, 0.1) is 5.92 Å². The summed E-state index contributed by atoms with van der Waals surface area (Å²) in [6.07, 6.45) is 47.6. The van der Waals surface area contributed by atoms with Gasteiger partial charge in [0.05, 0.1) is 6.10 Å². The van der Waals surface area contributed by atoms with Crippen LogP contribution in [0.25, 0.3) is 0 Å². The van der Waals surface area contributed by atoms with Crippen molar-refractivity contribution in [2.45, 2.75) is 206 Å². The lowest BCUT2D eigenvalue weighted by molar-refractivity contribution is -0.235. The Morgan fingerprint density at radius 1 is 0.667 bits per heavy atom. The smallest absolute Gasteiger partial charge is 0.165 e. The molecule has 0 aliphatic carbocycles. The Bertz CT molecular complexity index is 715. The van der Waals surface area contributed by atoms with Gasteiger partial charge in [-0.25, -0.2) is 0 Å². The van der Waals surface area contributed by atoms with Crippen LogP contribution in [0.4, 0.5) is 0 Å². The largest absolute Gasteiger partial charge is 0.365 e. The molecule has 0 radical (unpaired) electrons. The molecule has 1 saturated heterocycles. The Balaban J connectivity index is 2.14. The molecule has 1 aliphatic rings. The summed E-state index contributed by atoms with van der Waals surface area (Å²) in [5.74, 6) is -0.112. The third-order valence-corrected chi connectivity index (χ3v) is 9.70. The van der Waals surface area contributed by atoms with Gasteiger partial charge in [0.2, 0.25) is 0 Å². The van der Waals surface area contributed by atoms with Gasteiger partial charge in [0.15, 0.2) is 5.79 Å². The zero-order chi connectivity index (χ0) is 32.7. The highest BCUT2D eigenvalue weighted by molar-refractivity contribution is 4.92. The molecule has 45 heavy (non-hydrogen) atoms. The Kier molecular flexibility index (Phi) is 28.5. The molecule has 1 heterocycles. The average Bonchev–Trinajstić information content (AvgIpc) is 3.43. The Labute approximate surface area is 282 Å². The van der Waals surface area contributed by atoms with Gasteiger partial charge < -0.3 is 14.7 Å². The summed E-state index contributed by atoms with van der Waals surface area (Å²) in [7, 11) is 2.16. The number of nitrogens with zero attached hydrogens (tertiary/aromatic N) is 1.